The van der Waals surface area contributed by atoms with Gasteiger partial charge in [0.2, 0.25) is 0 Å². The van der Waals surface area contributed by atoms with Crippen molar-refractivity contribution in [2.75, 3.05) is 19.7 Å². The van der Waals surface area contributed by atoms with Crippen LogP contribution in [0.25, 0.3) is 0 Å². The molecule has 2 rings (SSSR count). The molecular formula is C8H15NO5. The summed E-state index contributed by atoms with van der Waals surface area (Å²) in [5.74, 6) is 0. The summed E-state index contributed by atoms with van der Waals surface area (Å²) in [5, 5.41) is 47.4. The van der Waals surface area contributed by atoms with Gasteiger partial charge in [-0.1, -0.05) is 0 Å². The van der Waals surface area contributed by atoms with Crippen molar-refractivity contribution in [2.45, 2.75) is 30.0 Å². The van der Waals surface area contributed by atoms with Gasteiger partial charge in [-0.2, -0.15) is 0 Å². The van der Waals surface area contributed by atoms with Gasteiger partial charge in [-0.15, -0.1) is 0 Å². The van der Waals surface area contributed by atoms with E-state index in [1.807, 2.05) is 0 Å². The monoisotopic (exact) mass is 205 g/mol. The second-order valence-corrected chi connectivity index (χ2v) is 4.12. The second-order valence-electron chi connectivity index (χ2n) is 4.12. The van der Waals surface area contributed by atoms with E-state index < -0.39 is 36.6 Å². The third-order valence-corrected chi connectivity index (χ3v) is 3.28. The predicted octanol–water partition coefficient (Wildman–Crippen LogP) is -3.51. The summed E-state index contributed by atoms with van der Waals surface area (Å²) in [5.41, 5.74) is -1.73. The van der Waals surface area contributed by atoms with Crippen LogP contribution in [0.1, 0.15) is 0 Å². The number of nitrogens with zero attached hydrogens (tertiary/aromatic N) is 1. The van der Waals surface area contributed by atoms with Crippen LogP contribution in [0, 0.1) is 0 Å². The number of hydrogen-bond acceptors (Lipinski definition) is 6. The number of fused-ring (bicyclic) bond motifs is 1. The first-order valence-electron chi connectivity index (χ1n) is 4.62. The zero-order valence-electron chi connectivity index (χ0n) is 7.61. The van der Waals surface area contributed by atoms with E-state index >= 15 is 0 Å². The highest BCUT2D eigenvalue weighted by atomic mass is 16.4. The van der Waals surface area contributed by atoms with Crippen molar-refractivity contribution >= 4 is 0 Å². The molecule has 5 N–H and O–H groups in total. The van der Waals surface area contributed by atoms with Gasteiger partial charge in [-0.05, 0) is 0 Å². The van der Waals surface area contributed by atoms with Crippen molar-refractivity contribution in [3.05, 3.63) is 0 Å². The van der Waals surface area contributed by atoms with Gasteiger partial charge in [0, 0.05) is 13.1 Å². The van der Waals surface area contributed by atoms with Crippen LogP contribution < -0.4 is 0 Å². The lowest BCUT2D eigenvalue weighted by Crippen LogP contribution is -2.55. The Morgan fingerprint density at radius 2 is 1.86 bits per heavy atom. The lowest BCUT2D eigenvalue weighted by molar-refractivity contribution is -0.120. The number of aliphatic hydroxyl groups is 5. The summed E-state index contributed by atoms with van der Waals surface area (Å²) in [7, 11) is 0. The van der Waals surface area contributed by atoms with Crippen LogP contribution in [-0.2, 0) is 0 Å². The Kier molecular flexibility index (Phi) is 2.30. The topological polar surface area (TPSA) is 104 Å². The fourth-order valence-corrected chi connectivity index (χ4v) is 2.46. The highest BCUT2D eigenvalue weighted by Gasteiger charge is 2.60. The van der Waals surface area contributed by atoms with Gasteiger partial charge >= 0.3 is 0 Å². The van der Waals surface area contributed by atoms with E-state index in [0.717, 1.165) is 0 Å². The Balaban J connectivity index is 2.27. The fourth-order valence-electron chi connectivity index (χ4n) is 2.46. The Bertz CT molecular complexity index is 238. The van der Waals surface area contributed by atoms with Crippen LogP contribution in [0.3, 0.4) is 0 Å². The lowest BCUT2D eigenvalue weighted by atomic mass is 9.89. The van der Waals surface area contributed by atoms with Crippen molar-refractivity contribution in [3.8, 4) is 0 Å². The molecule has 6 nitrogen and oxygen atoms in total. The second kappa shape index (κ2) is 3.13. The Morgan fingerprint density at radius 1 is 1.21 bits per heavy atom. The van der Waals surface area contributed by atoms with E-state index in [4.69, 9.17) is 5.11 Å². The summed E-state index contributed by atoms with van der Waals surface area (Å²) >= 11 is 0. The Labute approximate surface area is 81.0 Å². The maximum Gasteiger partial charge on any atom is 0.133 e. The molecule has 6 heteroatoms. The molecule has 0 aromatic carbocycles. The minimum atomic E-state index is -1.73. The molecule has 14 heavy (non-hydrogen) atoms. The third kappa shape index (κ3) is 1.13. The van der Waals surface area contributed by atoms with Crippen molar-refractivity contribution in [2.24, 2.45) is 0 Å². The average molecular weight is 205 g/mol. The quantitative estimate of drug-likeness (QED) is 0.304. The molecular weight excluding hydrogens is 190 g/mol. The highest BCUT2D eigenvalue weighted by Crippen LogP contribution is 2.36. The van der Waals surface area contributed by atoms with E-state index in [-0.39, 0.29) is 13.1 Å². The van der Waals surface area contributed by atoms with E-state index in [0.29, 0.717) is 0 Å². The van der Waals surface area contributed by atoms with E-state index in [1.54, 1.807) is 4.90 Å². The molecule has 0 bridgehead atoms. The average Bonchev–Trinajstić information content (AvgIpc) is 2.54. The molecule has 0 aromatic rings. The van der Waals surface area contributed by atoms with Crippen molar-refractivity contribution in [1.82, 2.24) is 4.90 Å². The normalized spacial score (nSPS) is 53.8. The van der Waals surface area contributed by atoms with Crippen molar-refractivity contribution in [3.63, 3.8) is 0 Å². The van der Waals surface area contributed by atoms with Gasteiger partial charge in [-0.25, -0.2) is 0 Å². The minimum Gasteiger partial charge on any atom is -0.393 e. The van der Waals surface area contributed by atoms with E-state index in [9.17, 15) is 20.4 Å². The van der Waals surface area contributed by atoms with Gasteiger partial charge in [-0.3, -0.25) is 4.90 Å². The SMILES string of the molecule is OCC1(O)C(O)CN2CC(O)C(O)C21. The molecule has 0 saturated carbocycles. The molecule has 2 aliphatic heterocycles. The Hall–Kier alpha value is -0.240. The minimum absolute atomic E-state index is 0.163. The number of aliphatic hydroxyl groups excluding tert-OH is 4. The molecule has 2 saturated heterocycles. The first kappa shape index (κ1) is 10.3. The molecule has 5 unspecified atom stereocenters. The molecule has 5 atom stereocenters. The molecule has 0 radical (unpaired) electrons. The third-order valence-electron chi connectivity index (χ3n) is 3.28. The summed E-state index contributed by atoms with van der Waals surface area (Å²) in [4.78, 5) is 1.59. The van der Waals surface area contributed by atoms with Crippen LogP contribution in [0.15, 0.2) is 0 Å². The zero-order chi connectivity index (χ0) is 10.5. The van der Waals surface area contributed by atoms with Crippen LogP contribution in [0.2, 0.25) is 0 Å². The maximum atomic E-state index is 9.91. The van der Waals surface area contributed by atoms with Gasteiger partial charge in [0.25, 0.3) is 0 Å². The largest absolute Gasteiger partial charge is 0.393 e. The van der Waals surface area contributed by atoms with Crippen LogP contribution in [-0.4, -0.2) is 80.1 Å². The highest BCUT2D eigenvalue weighted by molar-refractivity contribution is 5.13. The first-order valence-corrected chi connectivity index (χ1v) is 4.62. The summed E-state index contributed by atoms with van der Waals surface area (Å²) in [6, 6.07) is -0.780. The predicted molar refractivity (Wildman–Crippen MR) is 45.4 cm³/mol. The lowest BCUT2D eigenvalue weighted by Gasteiger charge is -2.31. The zero-order valence-corrected chi connectivity index (χ0v) is 7.61. The fraction of sp³-hybridized carbons (Fsp3) is 1.00. The smallest absolute Gasteiger partial charge is 0.133 e. The molecule has 2 aliphatic rings. The molecule has 2 heterocycles. The number of hydrogen-bond donors (Lipinski definition) is 5. The Morgan fingerprint density at radius 3 is 2.43 bits per heavy atom. The van der Waals surface area contributed by atoms with Crippen LogP contribution in [0.4, 0.5) is 0 Å². The van der Waals surface area contributed by atoms with Gasteiger partial charge < -0.3 is 25.5 Å². The van der Waals surface area contributed by atoms with Crippen molar-refractivity contribution < 1.29 is 25.5 Å². The standard InChI is InChI=1S/C8H15NO5/c10-3-8(14)5(12)2-9-1-4(11)6(13)7(8)9/h4-7,10-14H,1-3H2. The first-order chi connectivity index (χ1) is 6.50. The summed E-state index contributed by atoms with van der Waals surface area (Å²) in [6.07, 6.45) is -3.13. The summed E-state index contributed by atoms with van der Waals surface area (Å²) < 4.78 is 0. The van der Waals surface area contributed by atoms with Crippen LogP contribution in [0.5, 0.6) is 0 Å². The van der Waals surface area contributed by atoms with E-state index in [2.05, 4.69) is 0 Å². The molecule has 0 aliphatic carbocycles. The molecule has 2 fully saturated rings. The van der Waals surface area contributed by atoms with Gasteiger partial charge in [0.05, 0.1) is 31.0 Å². The van der Waals surface area contributed by atoms with E-state index in [1.165, 1.54) is 0 Å². The van der Waals surface area contributed by atoms with Crippen molar-refractivity contribution in [1.29, 1.82) is 0 Å². The van der Waals surface area contributed by atoms with Crippen LogP contribution >= 0.6 is 0 Å². The summed E-state index contributed by atoms with van der Waals surface area (Å²) in [6.45, 7) is -0.250. The molecule has 0 aromatic heterocycles. The van der Waals surface area contributed by atoms with Gasteiger partial charge in [0.15, 0.2) is 0 Å². The number of rotatable bonds is 1. The maximum absolute atomic E-state index is 9.91. The molecule has 0 spiro atoms. The molecule has 82 valence electrons. The van der Waals surface area contributed by atoms with Gasteiger partial charge in [0.1, 0.15) is 5.60 Å². The molecule has 0 amide bonds.